The largest absolute Gasteiger partial charge is 0.548 e. The van der Waals surface area contributed by atoms with Crippen LogP contribution in [0, 0.1) is 0 Å². The summed E-state index contributed by atoms with van der Waals surface area (Å²) in [5, 5.41) is 11.4. The van der Waals surface area contributed by atoms with Gasteiger partial charge in [-0.2, -0.15) is 0 Å². The van der Waals surface area contributed by atoms with Gasteiger partial charge in [-0.15, -0.1) is 0 Å². The van der Waals surface area contributed by atoms with E-state index in [1.54, 1.807) is 6.20 Å². The summed E-state index contributed by atoms with van der Waals surface area (Å²) in [6, 6.07) is 6.40. The molecule has 0 saturated heterocycles. The lowest BCUT2D eigenvalue weighted by atomic mass is 10.1. The van der Waals surface area contributed by atoms with E-state index in [1.165, 1.54) is 0 Å². The van der Waals surface area contributed by atoms with E-state index in [-0.39, 0.29) is 6.42 Å². The number of rotatable bonds is 3. The van der Waals surface area contributed by atoms with Crippen molar-refractivity contribution in [2.75, 3.05) is 0 Å². The highest BCUT2D eigenvalue weighted by Crippen LogP contribution is 2.18. The van der Waals surface area contributed by atoms with Gasteiger partial charge in [0.1, 0.15) is 0 Å². The van der Waals surface area contributed by atoms with E-state index >= 15 is 0 Å². The van der Waals surface area contributed by atoms with Crippen LogP contribution in [0.15, 0.2) is 30.5 Å². The maximum absolute atomic E-state index is 10.5. The number of carbonyl (C=O) groups is 1. The fourth-order valence-corrected chi connectivity index (χ4v) is 1.60. The van der Waals surface area contributed by atoms with Crippen molar-refractivity contribution in [1.29, 1.82) is 0 Å². The van der Waals surface area contributed by atoms with Gasteiger partial charge in [0.15, 0.2) is 0 Å². The van der Waals surface area contributed by atoms with E-state index in [0.29, 0.717) is 0 Å². The van der Waals surface area contributed by atoms with Gasteiger partial charge in [0.2, 0.25) is 0 Å². The molecule has 2 aromatic rings. The number of aromatic nitrogens is 1. The number of carboxylic acids is 1. The summed E-state index contributed by atoms with van der Waals surface area (Å²) >= 11 is 0. The molecule has 4 nitrogen and oxygen atoms in total. The number of carbonyl (C=O) groups excluding carboxylic acids is 1. The molecule has 0 saturated carbocycles. The maximum atomic E-state index is 10.5. The SMILES string of the molecule is [NH][C@@H](Cc1c[nH]c2ccccc12)C(=O)[O-]. The molecule has 1 aromatic heterocycles. The summed E-state index contributed by atoms with van der Waals surface area (Å²) in [6.45, 7) is 0. The molecule has 0 aliphatic rings. The van der Waals surface area contributed by atoms with Gasteiger partial charge < -0.3 is 14.9 Å². The van der Waals surface area contributed by atoms with E-state index in [2.05, 4.69) is 4.98 Å². The predicted molar refractivity (Wildman–Crippen MR) is 53.9 cm³/mol. The Balaban J connectivity index is 2.32. The first-order valence-corrected chi connectivity index (χ1v) is 4.65. The highest BCUT2D eigenvalue weighted by atomic mass is 16.4. The Hall–Kier alpha value is -1.81. The summed E-state index contributed by atoms with van der Waals surface area (Å²) in [4.78, 5) is 13.5. The van der Waals surface area contributed by atoms with Crippen LogP contribution < -0.4 is 10.8 Å². The van der Waals surface area contributed by atoms with Crippen molar-refractivity contribution in [3.05, 3.63) is 36.0 Å². The molecular formula is C11H10N2O2-. The number of hydrogen-bond acceptors (Lipinski definition) is 2. The first kappa shape index (κ1) is 9.73. The summed E-state index contributed by atoms with van der Waals surface area (Å²) in [7, 11) is 0. The second-order valence-corrected chi connectivity index (χ2v) is 3.44. The molecule has 0 amide bonds. The third-order valence-corrected chi connectivity index (χ3v) is 2.38. The number of benzene rings is 1. The molecule has 2 rings (SSSR count). The van der Waals surface area contributed by atoms with Gasteiger partial charge in [-0.1, -0.05) is 18.2 Å². The van der Waals surface area contributed by atoms with Gasteiger partial charge >= 0.3 is 0 Å². The number of para-hydroxylation sites is 1. The second-order valence-electron chi connectivity index (χ2n) is 3.44. The van der Waals surface area contributed by atoms with E-state index < -0.39 is 12.0 Å². The number of H-pyrrole nitrogens is 1. The van der Waals surface area contributed by atoms with Crippen LogP contribution >= 0.6 is 0 Å². The van der Waals surface area contributed by atoms with Crippen molar-refractivity contribution in [2.24, 2.45) is 0 Å². The molecule has 1 atom stereocenters. The molecule has 0 aliphatic heterocycles. The minimum absolute atomic E-state index is 0.173. The number of fused-ring (bicyclic) bond motifs is 1. The Labute approximate surface area is 86.7 Å². The molecule has 1 radical (unpaired) electrons. The molecule has 4 heteroatoms. The fraction of sp³-hybridized carbons (Fsp3) is 0.182. The van der Waals surface area contributed by atoms with Crippen molar-refractivity contribution >= 4 is 16.9 Å². The maximum Gasteiger partial charge on any atom is 0.0649 e. The van der Waals surface area contributed by atoms with E-state index in [1.807, 2.05) is 24.3 Å². The number of carboxylic acid groups (broad SMARTS) is 1. The van der Waals surface area contributed by atoms with Crippen LogP contribution in [-0.4, -0.2) is 17.0 Å². The molecule has 1 heterocycles. The third kappa shape index (κ3) is 1.85. The number of nitrogens with one attached hydrogen (secondary N) is 2. The molecule has 1 aromatic carbocycles. The van der Waals surface area contributed by atoms with E-state index in [9.17, 15) is 9.90 Å². The summed E-state index contributed by atoms with van der Waals surface area (Å²) in [5.41, 5.74) is 9.10. The van der Waals surface area contributed by atoms with Crippen molar-refractivity contribution in [3.8, 4) is 0 Å². The minimum atomic E-state index is -1.33. The Morgan fingerprint density at radius 1 is 1.47 bits per heavy atom. The smallest absolute Gasteiger partial charge is 0.0649 e. The van der Waals surface area contributed by atoms with Crippen molar-refractivity contribution in [3.63, 3.8) is 0 Å². The van der Waals surface area contributed by atoms with Gasteiger partial charge in [0, 0.05) is 17.1 Å². The van der Waals surface area contributed by atoms with Crippen LogP contribution in [0.3, 0.4) is 0 Å². The van der Waals surface area contributed by atoms with Crippen LogP contribution in [0.4, 0.5) is 0 Å². The first-order chi connectivity index (χ1) is 7.18. The molecule has 0 fully saturated rings. The van der Waals surface area contributed by atoms with Gasteiger partial charge in [-0.3, -0.25) is 0 Å². The van der Waals surface area contributed by atoms with Crippen LogP contribution in [-0.2, 0) is 11.2 Å². The average molecular weight is 202 g/mol. The van der Waals surface area contributed by atoms with Gasteiger partial charge in [-0.05, 0) is 18.1 Å². The monoisotopic (exact) mass is 202 g/mol. The van der Waals surface area contributed by atoms with Gasteiger partial charge in [0.25, 0.3) is 0 Å². The Morgan fingerprint density at radius 2 is 2.20 bits per heavy atom. The summed E-state index contributed by atoms with van der Waals surface area (Å²) in [6.07, 6.45) is 1.92. The molecule has 0 aliphatic carbocycles. The standard InChI is InChI=1S/C11H11N2O2/c12-9(11(14)15)5-7-6-13-10-4-2-1-3-8(7)10/h1-4,6,9,12-13H,5H2,(H,14,15)/p-1/t9-/m0/s1. The lowest BCUT2D eigenvalue weighted by Crippen LogP contribution is -2.37. The fourth-order valence-electron chi connectivity index (χ4n) is 1.60. The zero-order chi connectivity index (χ0) is 10.8. The zero-order valence-corrected chi connectivity index (χ0v) is 7.99. The highest BCUT2D eigenvalue weighted by molar-refractivity contribution is 5.84. The highest BCUT2D eigenvalue weighted by Gasteiger charge is 2.09. The summed E-state index contributed by atoms with van der Waals surface area (Å²) < 4.78 is 0. The molecule has 0 spiro atoms. The molecule has 2 N–H and O–H groups in total. The lowest BCUT2D eigenvalue weighted by molar-refractivity contribution is -0.307. The Morgan fingerprint density at radius 3 is 2.93 bits per heavy atom. The average Bonchev–Trinajstić information content (AvgIpc) is 2.62. The number of aromatic amines is 1. The van der Waals surface area contributed by atoms with Crippen LogP contribution in [0.2, 0.25) is 0 Å². The van der Waals surface area contributed by atoms with Crippen LogP contribution in [0.1, 0.15) is 5.56 Å². The quantitative estimate of drug-likeness (QED) is 0.766. The van der Waals surface area contributed by atoms with Crippen molar-refractivity contribution in [2.45, 2.75) is 12.5 Å². The molecule has 77 valence electrons. The zero-order valence-electron chi connectivity index (χ0n) is 7.99. The molecule has 15 heavy (non-hydrogen) atoms. The van der Waals surface area contributed by atoms with E-state index in [4.69, 9.17) is 5.73 Å². The Bertz CT molecular complexity index is 490. The predicted octanol–water partition coefficient (Wildman–Crippen LogP) is 0.112. The van der Waals surface area contributed by atoms with Gasteiger partial charge in [-0.25, -0.2) is 5.73 Å². The van der Waals surface area contributed by atoms with Crippen LogP contribution in [0.5, 0.6) is 0 Å². The van der Waals surface area contributed by atoms with E-state index in [0.717, 1.165) is 16.5 Å². The van der Waals surface area contributed by atoms with Crippen molar-refractivity contribution in [1.82, 2.24) is 10.7 Å². The molecule has 0 unspecified atom stereocenters. The van der Waals surface area contributed by atoms with Gasteiger partial charge in [0.05, 0.1) is 12.0 Å². The number of aliphatic carboxylic acids is 1. The number of hydrogen-bond donors (Lipinski definition) is 1. The lowest BCUT2D eigenvalue weighted by Gasteiger charge is -2.10. The second kappa shape index (κ2) is 3.74. The minimum Gasteiger partial charge on any atom is -0.548 e. The molecule has 0 bridgehead atoms. The summed E-state index contributed by atoms with van der Waals surface area (Å²) in [5.74, 6) is -1.33. The molecular weight excluding hydrogens is 192 g/mol. The van der Waals surface area contributed by atoms with Crippen LogP contribution in [0.25, 0.3) is 10.9 Å². The van der Waals surface area contributed by atoms with Crippen molar-refractivity contribution < 1.29 is 9.90 Å². The first-order valence-electron chi connectivity index (χ1n) is 4.65. The topological polar surface area (TPSA) is 79.7 Å². The normalized spacial score (nSPS) is 12.9. The Kier molecular flexibility index (Phi) is 2.43. The third-order valence-electron chi connectivity index (χ3n) is 2.38.